The largest absolute Gasteiger partial charge is 0.330 e. The van der Waals surface area contributed by atoms with Gasteiger partial charge >= 0.3 is 0 Å². The van der Waals surface area contributed by atoms with Crippen LogP contribution < -0.4 is 5.73 Å². The molecule has 0 unspecified atom stereocenters. The lowest BCUT2D eigenvalue weighted by Gasteiger charge is -2.71. The second kappa shape index (κ2) is 3.10. The van der Waals surface area contributed by atoms with Gasteiger partial charge in [-0.2, -0.15) is 0 Å². The van der Waals surface area contributed by atoms with Crippen LogP contribution in [0.1, 0.15) is 50.2 Å². The van der Waals surface area contributed by atoms with Gasteiger partial charge in [-0.05, 0) is 53.7 Å². The molecule has 0 spiro atoms. The van der Waals surface area contributed by atoms with Crippen molar-refractivity contribution in [3.63, 3.8) is 0 Å². The van der Waals surface area contributed by atoms with Crippen LogP contribution in [0.25, 0.3) is 0 Å². The van der Waals surface area contributed by atoms with E-state index in [9.17, 15) is 0 Å². The predicted molar refractivity (Wildman–Crippen MR) is 67.5 cm³/mol. The summed E-state index contributed by atoms with van der Waals surface area (Å²) in [5.74, 6) is 0.638. The Bertz CT molecular complexity index is 399. The van der Waals surface area contributed by atoms with E-state index in [0.29, 0.717) is 16.7 Å². The van der Waals surface area contributed by atoms with Crippen molar-refractivity contribution in [1.29, 1.82) is 0 Å². The average molecular weight is 215 g/mol. The summed E-state index contributed by atoms with van der Waals surface area (Å²) >= 11 is 0. The molecule has 0 saturated heterocycles. The fourth-order valence-electron chi connectivity index (χ4n) is 3.98. The quantitative estimate of drug-likeness (QED) is 0.823. The SMILES string of the molecule is CC(C)c1ccccc1C12CC(CN)(C1)C2. The van der Waals surface area contributed by atoms with Crippen molar-refractivity contribution < 1.29 is 0 Å². The molecule has 0 aliphatic heterocycles. The molecule has 0 aromatic heterocycles. The van der Waals surface area contributed by atoms with Crippen LogP contribution in [-0.2, 0) is 5.41 Å². The molecule has 1 aromatic rings. The third-order valence-electron chi connectivity index (χ3n) is 4.73. The van der Waals surface area contributed by atoms with Gasteiger partial charge in [0.2, 0.25) is 0 Å². The smallest absolute Gasteiger partial charge is 0.00196 e. The number of hydrogen-bond acceptors (Lipinski definition) is 1. The van der Waals surface area contributed by atoms with E-state index in [1.807, 2.05) is 0 Å². The van der Waals surface area contributed by atoms with E-state index in [2.05, 4.69) is 38.1 Å². The van der Waals surface area contributed by atoms with Crippen LogP contribution in [0.3, 0.4) is 0 Å². The Hall–Kier alpha value is -0.820. The van der Waals surface area contributed by atoms with Gasteiger partial charge in [-0.25, -0.2) is 0 Å². The maximum Gasteiger partial charge on any atom is -0.00196 e. The zero-order chi connectivity index (χ0) is 11.4. The molecule has 0 heterocycles. The summed E-state index contributed by atoms with van der Waals surface area (Å²) in [6, 6.07) is 9.00. The molecule has 0 atom stereocenters. The molecule has 1 heteroatoms. The monoisotopic (exact) mass is 215 g/mol. The standard InChI is InChI=1S/C15H21N/c1-11(2)12-5-3-4-6-13(12)15-7-14(8-15,9-15)10-16/h3-6,11H,7-10,16H2,1-2H3. The first-order valence-corrected chi connectivity index (χ1v) is 6.40. The molecule has 3 fully saturated rings. The molecular formula is C15H21N. The van der Waals surface area contributed by atoms with Gasteiger partial charge in [0.25, 0.3) is 0 Å². The van der Waals surface area contributed by atoms with Crippen molar-refractivity contribution >= 4 is 0 Å². The Kier molecular flexibility index (Phi) is 2.00. The van der Waals surface area contributed by atoms with Crippen molar-refractivity contribution in [2.24, 2.45) is 11.1 Å². The third-order valence-corrected chi connectivity index (χ3v) is 4.73. The van der Waals surface area contributed by atoms with E-state index < -0.39 is 0 Å². The first-order valence-electron chi connectivity index (χ1n) is 6.40. The molecule has 2 N–H and O–H groups in total. The van der Waals surface area contributed by atoms with Crippen LogP contribution in [0.2, 0.25) is 0 Å². The molecule has 0 radical (unpaired) electrons. The highest BCUT2D eigenvalue weighted by Gasteiger charge is 2.67. The zero-order valence-electron chi connectivity index (χ0n) is 10.3. The predicted octanol–water partition coefficient (Wildman–Crippen LogP) is 3.19. The van der Waals surface area contributed by atoms with E-state index in [-0.39, 0.29) is 0 Å². The highest BCUT2D eigenvalue weighted by Crippen LogP contribution is 2.73. The molecule has 4 rings (SSSR count). The minimum absolute atomic E-state index is 0.514. The highest BCUT2D eigenvalue weighted by atomic mass is 14.8. The van der Waals surface area contributed by atoms with Crippen LogP contribution in [-0.4, -0.2) is 6.54 Å². The minimum Gasteiger partial charge on any atom is -0.330 e. The lowest BCUT2D eigenvalue weighted by molar-refractivity contribution is -0.133. The number of hydrogen-bond donors (Lipinski definition) is 1. The Morgan fingerprint density at radius 3 is 2.38 bits per heavy atom. The average Bonchev–Trinajstić information content (AvgIpc) is 2.15. The summed E-state index contributed by atoms with van der Waals surface area (Å²) < 4.78 is 0. The molecule has 1 aromatic carbocycles. The summed E-state index contributed by atoms with van der Waals surface area (Å²) in [6.07, 6.45) is 4.00. The molecule has 3 saturated carbocycles. The van der Waals surface area contributed by atoms with Crippen molar-refractivity contribution in [1.82, 2.24) is 0 Å². The molecule has 16 heavy (non-hydrogen) atoms. The number of benzene rings is 1. The molecule has 2 bridgehead atoms. The van der Waals surface area contributed by atoms with E-state index >= 15 is 0 Å². The third kappa shape index (κ3) is 1.15. The fraction of sp³-hybridized carbons (Fsp3) is 0.600. The maximum atomic E-state index is 5.84. The maximum absolute atomic E-state index is 5.84. The van der Waals surface area contributed by atoms with E-state index in [0.717, 1.165) is 6.54 Å². The van der Waals surface area contributed by atoms with Gasteiger partial charge < -0.3 is 5.73 Å². The van der Waals surface area contributed by atoms with E-state index in [4.69, 9.17) is 5.73 Å². The summed E-state index contributed by atoms with van der Waals surface area (Å²) in [7, 11) is 0. The van der Waals surface area contributed by atoms with Gasteiger partial charge in [-0.15, -0.1) is 0 Å². The summed E-state index contributed by atoms with van der Waals surface area (Å²) in [5, 5.41) is 0. The second-order valence-corrected chi connectivity index (χ2v) is 6.26. The lowest BCUT2D eigenvalue weighted by atomic mass is 9.33. The number of rotatable bonds is 3. The van der Waals surface area contributed by atoms with Gasteiger partial charge in [0.05, 0.1) is 0 Å². The molecular weight excluding hydrogens is 194 g/mol. The van der Waals surface area contributed by atoms with Crippen molar-refractivity contribution in [2.75, 3.05) is 6.54 Å². The van der Waals surface area contributed by atoms with Crippen LogP contribution in [0.5, 0.6) is 0 Å². The van der Waals surface area contributed by atoms with Crippen LogP contribution >= 0.6 is 0 Å². The van der Waals surface area contributed by atoms with Crippen LogP contribution in [0.15, 0.2) is 24.3 Å². The number of nitrogens with two attached hydrogens (primary N) is 1. The van der Waals surface area contributed by atoms with Crippen molar-refractivity contribution in [3.05, 3.63) is 35.4 Å². The first-order chi connectivity index (χ1) is 7.61. The van der Waals surface area contributed by atoms with Crippen LogP contribution in [0, 0.1) is 5.41 Å². The van der Waals surface area contributed by atoms with Crippen molar-refractivity contribution in [3.8, 4) is 0 Å². The normalized spacial score (nSPS) is 35.8. The van der Waals surface area contributed by atoms with Gasteiger partial charge in [0, 0.05) is 0 Å². The molecule has 1 nitrogen and oxygen atoms in total. The molecule has 3 aliphatic rings. The van der Waals surface area contributed by atoms with Gasteiger partial charge in [0.1, 0.15) is 0 Å². The first kappa shape index (κ1) is 10.3. The fourth-order valence-corrected chi connectivity index (χ4v) is 3.98. The molecule has 3 aliphatic carbocycles. The summed E-state index contributed by atoms with van der Waals surface area (Å²) in [6.45, 7) is 5.48. The summed E-state index contributed by atoms with van der Waals surface area (Å²) in [5.41, 5.74) is 10.0. The Balaban J connectivity index is 1.92. The molecule has 86 valence electrons. The lowest BCUT2D eigenvalue weighted by Crippen LogP contribution is -2.67. The Labute approximate surface area is 98.0 Å². The minimum atomic E-state index is 0.514. The topological polar surface area (TPSA) is 26.0 Å². The van der Waals surface area contributed by atoms with E-state index in [1.165, 1.54) is 19.3 Å². The van der Waals surface area contributed by atoms with Crippen LogP contribution in [0.4, 0.5) is 0 Å². The van der Waals surface area contributed by atoms with Gasteiger partial charge in [-0.1, -0.05) is 38.1 Å². The van der Waals surface area contributed by atoms with Crippen molar-refractivity contribution in [2.45, 2.75) is 44.4 Å². The second-order valence-electron chi connectivity index (χ2n) is 6.26. The highest BCUT2D eigenvalue weighted by molar-refractivity contribution is 5.44. The van der Waals surface area contributed by atoms with E-state index in [1.54, 1.807) is 11.1 Å². The summed E-state index contributed by atoms with van der Waals surface area (Å²) in [4.78, 5) is 0. The zero-order valence-corrected chi connectivity index (χ0v) is 10.3. The Morgan fingerprint density at radius 2 is 1.81 bits per heavy atom. The van der Waals surface area contributed by atoms with Gasteiger partial charge in [0.15, 0.2) is 0 Å². The molecule has 0 amide bonds. The Morgan fingerprint density at radius 1 is 1.19 bits per heavy atom. The van der Waals surface area contributed by atoms with Gasteiger partial charge in [-0.3, -0.25) is 0 Å².